The minimum absolute atomic E-state index is 0.598. The van der Waals surface area contributed by atoms with Gasteiger partial charge in [-0.1, -0.05) is 46.8 Å². The second-order valence-electron chi connectivity index (χ2n) is 7.22. The topological polar surface area (TPSA) is 15.3 Å². The van der Waals surface area contributed by atoms with Gasteiger partial charge in [-0.05, 0) is 42.4 Å². The molecule has 0 radical (unpaired) electrons. The van der Waals surface area contributed by atoms with Crippen molar-refractivity contribution >= 4 is 5.69 Å². The molecule has 0 amide bonds. The molecule has 0 spiro atoms. The molecule has 2 heteroatoms. The maximum Gasteiger partial charge on any atom is 0.0438 e. The van der Waals surface area contributed by atoms with Gasteiger partial charge in [0.15, 0.2) is 0 Å². The van der Waals surface area contributed by atoms with E-state index in [2.05, 4.69) is 69.1 Å². The zero-order chi connectivity index (χ0) is 15.4. The Labute approximate surface area is 130 Å². The minimum atomic E-state index is 0.598. The number of anilines is 1. The second-order valence-corrected chi connectivity index (χ2v) is 7.22. The first-order valence-corrected chi connectivity index (χ1v) is 8.60. The molecule has 0 aliphatic carbocycles. The Morgan fingerprint density at radius 2 is 1.81 bits per heavy atom. The van der Waals surface area contributed by atoms with Crippen LogP contribution in [0.1, 0.15) is 46.6 Å². The SMILES string of the molecule is CCc1ccc(N2CC(CC(C)C)NCC2C(C)C)cc1. The summed E-state index contributed by atoms with van der Waals surface area (Å²) in [5, 5.41) is 3.76. The summed E-state index contributed by atoms with van der Waals surface area (Å²) in [6.45, 7) is 13.8. The zero-order valence-corrected chi connectivity index (χ0v) is 14.4. The summed E-state index contributed by atoms with van der Waals surface area (Å²) >= 11 is 0. The summed E-state index contributed by atoms with van der Waals surface area (Å²) in [7, 11) is 0. The molecule has 0 saturated carbocycles. The summed E-state index contributed by atoms with van der Waals surface area (Å²) in [6.07, 6.45) is 2.37. The van der Waals surface area contributed by atoms with E-state index in [0.717, 1.165) is 25.4 Å². The van der Waals surface area contributed by atoms with Gasteiger partial charge in [-0.3, -0.25) is 0 Å². The highest BCUT2D eigenvalue weighted by Gasteiger charge is 2.30. The van der Waals surface area contributed by atoms with Gasteiger partial charge in [-0.25, -0.2) is 0 Å². The van der Waals surface area contributed by atoms with Crippen LogP contribution in [-0.2, 0) is 6.42 Å². The summed E-state index contributed by atoms with van der Waals surface area (Å²) in [6, 6.07) is 10.4. The first-order chi connectivity index (χ1) is 10.0. The molecule has 1 aromatic carbocycles. The summed E-state index contributed by atoms with van der Waals surface area (Å²) in [5.41, 5.74) is 2.81. The van der Waals surface area contributed by atoms with Crippen LogP contribution in [0.15, 0.2) is 24.3 Å². The molecule has 118 valence electrons. The molecule has 1 aliphatic rings. The third-order valence-electron chi connectivity index (χ3n) is 4.63. The fourth-order valence-corrected chi connectivity index (χ4v) is 3.38. The molecule has 2 unspecified atom stereocenters. The molecular formula is C19H32N2. The molecule has 1 fully saturated rings. The molecular weight excluding hydrogens is 256 g/mol. The van der Waals surface area contributed by atoms with E-state index in [1.54, 1.807) is 0 Å². The molecule has 2 rings (SSSR count). The Bertz CT molecular complexity index is 422. The van der Waals surface area contributed by atoms with Gasteiger partial charge in [0.1, 0.15) is 0 Å². The van der Waals surface area contributed by atoms with Crippen LogP contribution >= 0.6 is 0 Å². The van der Waals surface area contributed by atoms with E-state index < -0.39 is 0 Å². The van der Waals surface area contributed by atoms with Crippen LogP contribution in [0.5, 0.6) is 0 Å². The van der Waals surface area contributed by atoms with Crippen LogP contribution in [0.4, 0.5) is 5.69 Å². The lowest BCUT2D eigenvalue weighted by Gasteiger charge is -2.44. The zero-order valence-electron chi connectivity index (χ0n) is 14.4. The Hall–Kier alpha value is -1.02. The van der Waals surface area contributed by atoms with Crippen molar-refractivity contribution in [1.82, 2.24) is 5.32 Å². The van der Waals surface area contributed by atoms with Gasteiger partial charge in [0, 0.05) is 30.9 Å². The van der Waals surface area contributed by atoms with Gasteiger partial charge < -0.3 is 10.2 Å². The first kappa shape index (κ1) is 16.4. The van der Waals surface area contributed by atoms with E-state index >= 15 is 0 Å². The van der Waals surface area contributed by atoms with Crippen LogP contribution < -0.4 is 10.2 Å². The molecule has 1 N–H and O–H groups in total. The minimum Gasteiger partial charge on any atom is -0.365 e. The summed E-state index contributed by atoms with van der Waals surface area (Å²) < 4.78 is 0. The predicted octanol–water partition coefficient (Wildman–Crippen LogP) is 4.10. The van der Waals surface area contributed by atoms with E-state index in [0.29, 0.717) is 18.0 Å². The van der Waals surface area contributed by atoms with Crippen molar-refractivity contribution in [2.24, 2.45) is 11.8 Å². The van der Waals surface area contributed by atoms with Gasteiger partial charge in [0.05, 0.1) is 0 Å². The average molecular weight is 288 g/mol. The Morgan fingerprint density at radius 1 is 1.14 bits per heavy atom. The molecule has 1 heterocycles. The molecule has 0 bridgehead atoms. The van der Waals surface area contributed by atoms with Crippen molar-refractivity contribution < 1.29 is 0 Å². The van der Waals surface area contributed by atoms with E-state index in [4.69, 9.17) is 0 Å². The lowest BCUT2D eigenvalue weighted by atomic mass is 9.94. The van der Waals surface area contributed by atoms with E-state index in [-0.39, 0.29) is 0 Å². The Balaban J connectivity index is 2.16. The van der Waals surface area contributed by atoms with Crippen molar-refractivity contribution in [3.05, 3.63) is 29.8 Å². The van der Waals surface area contributed by atoms with Crippen LogP contribution in [0, 0.1) is 11.8 Å². The smallest absolute Gasteiger partial charge is 0.0438 e. The largest absolute Gasteiger partial charge is 0.365 e. The van der Waals surface area contributed by atoms with E-state index in [9.17, 15) is 0 Å². The van der Waals surface area contributed by atoms with Gasteiger partial charge in [-0.15, -0.1) is 0 Å². The van der Waals surface area contributed by atoms with E-state index in [1.165, 1.54) is 17.7 Å². The molecule has 2 atom stereocenters. The molecule has 1 saturated heterocycles. The van der Waals surface area contributed by atoms with Crippen LogP contribution in [0.3, 0.4) is 0 Å². The van der Waals surface area contributed by atoms with Gasteiger partial charge >= 0.3 is 0 Å². The number of nitrogens with one attached hydrogen (secondary N) is 1. The fraction of sp³-hybridized carbons (Fsp3) is 0.684. The lowest BCUT2D eigenvalue weighted by Crippen LogP contribution is -2.58. The number of hydrogen-bond acceptors (Lipinski definition) is 2. The lowest BCUT2D eigenvalue weighted by molar-refractivity contribution is 0.310. The molecule has 1 aliphatic heterocycles. The monoisotopic (exact) mass is 288 g/mol. The van der Waals surface area contributed by atoms with Gasteiger partial charge in [-0.2, -0.15) is 0 Å². The maximum atomic E-state index is 3.76. The molecule has 1 aromatic rings. The highest BCUT2D eigenvalue weighted by molar-refractivity contribution is 5.49. The number of nitrogens with zero attached hydrogens (tertiary/aromatic N) is 1. The van der Waals surface area contributed by atoms with Gasteiger partial charge in [0.2, 0.25) is 0 Å². The van der Waals surface area contributed by atoms with Crippen molar-refractivity contribution in [2.45, 2.75) is 59.5 Å². The highest BCUT2D eigenvalue weighted by Crippen LogP contribution is 2.25. The second kappa shape index (κ2) is 7.31. The normalized spacial score (nSPS) is 23.1. The van der Waals surface area contributed by atoms with Crippen molar-refractivity contribution in [3.63, 3.8) is 0 Å². The maximum absolute atomic E-state index is 3.76. The van der Waals surface area contributed by atoms with Crippen molar-refractivity contribution in [3.8, 4) is 0 Å². The van der Waals surface area contributed by atoms with Crippen molar-refractivity contribution in [1.29, 1.82) is 0 Å². The van der Waals surface area contributed by atoms with Crippen LogP contribution in [0.2, 0.25) is 0 Å². The summed E-state index contributed by atoms with van der Waals surface area (Å²) in [5.74, 6) is 1.42. The van der Waals surface area contributed by atoms with Crippen LogP contribution in [0.25, 0.3) is 0 Å². The number of aryl methyl sites for hydroxylation is 1. The van der Waals surface area contributed by atoms with Gasteiger partial charge in [0.25, 0.3) is 0 Å². The quantitative estimate of drug-likeness (QED) is 0.877. The third kappa shape index (κ3) is 4.23. The number of hydrogen-bond donors (Lipinski definition) is 1. The third-order valence-corrected chi connectivity index (χ3v) is 4.63. The fourth-order valence-electron chi connectivity index (χ4n) is 3.38. The highest BCUT2D eigenvalue weighted by atomic mass is 15.2. The van der Waals surface area contributed by atoms with Crippen LogP contribution in [-0.4, -0.2) is 25.2 Å². The molecule has 2 nitrogen and oxygen atoms in total. The van der Waals surface area contributed by atoms with E-state index in [1.807, 2.05) is 0 Å². The number of piperazine rings is 1. The number of rotatable bonds is 5. The number of benzene rings is 1. The van der Waals surface area contributed by atoms with Crippen molar-refractivity contribution in [2.75, 3.05) is 18.0 Å². The molecule has 0 aromatic heterocycles. The Kier molecular flexibility index (Phi) is 5.69. The average Bonchev–Trinajstić information content (AvgIpc) is 2.46. The first-order valence-electron chi connectivity index (χ1n) is 8.60. The predicted molar refractivity (Wildman–Crippen MR) is 93.0 cm³/mol. The molecule has 21 heavy (non-hydrogen) atoms. The summed E-state index contributed by atoms with van der Waals surface area (Å²) in [4.78, 5) is 2.63. The standard InChI is InChI=1S/C19H32N2/c1-6-16-7-9-18(10-8-16)21-13-17(11-14(2)3)20-12-19(21)15(4)5/h7-10,14-15,17,19-20H,6,11-13H2,1-5H3. The Morgan fingerprint density at radius 3 is 2.33 bits per heavy atom.